The van der Waals surface area contributed by atoms with Crippen molar-refractivity contribution in [3.05, 3.63) is 11.4 Å². The van der Waals surface area contributed by atoms with E-state index in [-0.39, 0.29) is 0 Å². The minimum Gasteiger partial charge on any atom is -0.383 e. The van der Waals surface area contributed by atoms with Crippen LogP contribution in [0.4, 0.5) is 11.6 Å². The van der Waals surface area contributed by atoms with Crippen LogP contribution in [0.2, 0.25) is 0 Å². The fourth-order valence-electron chi connectivity index (χ4n) is 1.42. The minimum atomic E-state index is 0.551. The second-order valence-corrected chi connectivity index (χ2v) is 3.75. The first kappa shape index (κ1) is 9.24. The molecule has 1 fully saturated rings. The Morgan fingerprint density at radius 1 is 1.43 bits per heavy atom. The fraction of sp³-hybridized carbons (Fsp3) is 0.600. The molecule has 1 aliphatic rings. The first-order chi connectivity index (χ1) is 6.72. The summed E-state index contributed by atoms with van der Waals surface area (Å²) in [5, 5.41) is 3.21. The molecule has 0 saturated heterocycles. The first-order valence-corrected chi connectivity index (χ1v) is 5.10. The van der Waals surface area contributed by atoms with Crippen LogP contribution in [-0.2, 0) is 0 Å². The highest BCUT2D eigenvalue weighted by atomic mass is 15.1. The Hall–Kier alpha value is -1.32. The Morgan fingerprint density at radius 3 is 2.71 bits per heavy atom. The van der Waals surface area contributed by atoms with E-state index in [1.54, 1.807) is 0 Å². The van der Waals surface area contributed by atoms with Crippen LogP contribution in [0.3, 0.4) is 0 Å². The zero-order valence-corrected chi connectivity index (χ0v) is 8.67. The Kier molecular flexibility index (Phi) is 2.27. The van der Waals surface area contributed by atoms with Gasteiger partial charge in [-0.3, -0.25) is 0 Å². The van der Waals surface area contributed by atoms with Crippen molar-refractivity contribution in [2.75, 3.05) is 17.6 Å². The van der Waals surface area contributed by atoms with Gasteiger partial charge < -0.3 is 11.1 Å². The monoisotopic (exact) mass is 192 g/mol. The van der Waals surface area contributed by atoms with Gasteiger partial charge in [-0.15, -0.1) is 0 Å². The third-order valence-electron chi connectivity index (χ3n) is 2.49. The summed E-state index contributed by atoms with van der Waals surface area (Å²) in [6.45, 7) is 4.86. The molecule has 1 aromatic heterocycles. The predicted octanol–water partition coefficient (Wildman–Crippen LogP) is 1.68. The Labute approximate surface area is 83.9 Å². The topological polar surface area (TPSA) is 63.8 Å². The first-order valence-electron chi connectivity index (χ1n) is 5.10. The van der Waals surface area contributed by atoms with Crippen molar-refractivity contribution in [2.45, 2.75) is 32.6 Å². The molecule has 4 nitrogen and oxygen atoms in total. The lowest BCUT2D eigenvalue weighted by Crippen LogP contribution is -2.08. The summed E-state index contributed by atoms with van der Waals surface area (Å²) in [7, 11) is 0. The molecule has 0 atom stereocenters. The van der Waals surface area contributed by atoms with E-state index in [4.69, 9.17) is 5.73 Å². The number of nitrogens with two attached hydrogens (primary N) is 1. The number of nitrogens with one attached hydrogen (secondary N) is 1. The van der Waals surface area contributed by atoms with Gasteiger partial charge in [-0.25, -0.2) is 9.97 Å². The van der Waals surface area contributed by atoms with E-state index in [0.29, 0.717) is 11.7 Å². The van der Waals surface area contributed by atoms with Crippen molar-refractivity contribution in [1.29, 1.82) is 0 Å². The van der Waals surface area contributed by atoms with Crippen molar-refractivity contribution in [2.24, 2.45) is 0 Å². The second-order valence-electron chi connectivity index (χ2n) is 3.75. The Balaban J connectivity index is 2.35. The lowest BCUT2D eigenvalue weighted by atomic mass is 10.3. The molecule has 3 N–H and O–H groups in total. The van der Waals surface area contributed by atoms with Gasteiger partial charge >= 0.3 is 0 Å². The van der Waals surface area contributed by atoms with E-state index in [1.165, 1.54) is 12.8 Å². The molecule has 0 aromatic carbocycles. The van der Waals surface area contributed by atoms with Crippen molar-refractivity contribution in [3.63, 3.8) is 0 Å². The molecule has 4 heteroatoms. The normalized spacial score (nSPS) is 15.6. The Bertz CT molecular complexity index is 344. The van der Waals surface area contributed by atoms with Crippen LogP contribution in [-0.4, -0.2) is 16.5 Å². The van der Waals surface area contributed by atoms with Crippen molar-refractivity contribution >= 4 is 11.6 Å². The quantitative estimate of drug-likeness (QED) is 0.764. The van der Waals surface area contributed by atoms with Crippen molar-refractivity contribution in [3.8, 4) is 0 Å². The molecule has 1 saturated carbocycles. The van der Waals surface area contributed by atoms with Gasteiger partial charge in [0.1, 0.15) is 17.5 Å². The number of rotatable bonds is 3. The zero-order valence-electron chi connectivity index (χ0n) is 8.67. The van der Waals surface area contributed by atoms with Gasteiger partial charge in [0.15, 0.2) is 0 Å². The fourth-order valence-corrected chi connectivity index (χ4v) is 1.42. The number of hydrogen-bond donors (Lipinski definition) is 2. The van der Waals surface area contributed by atoms with Gasteiger partial charge in [-0.05, 0) is 26.7 Å². The molecular weight excluding hydrogens is 176 g/mol. The highest BCUT2D eigenvalue weighted by Crippen LogP contribution is 2.39. The summed E-state index contributed by atoms with van der Waals surface area (Å²) < 4.78 is 0. The standard InChI is InChI=1S/C10H16N4/c1-3-12-9-6(2)8(11)13-10(14-9)7-4-5-7/h7H,3-5H2,1-2H3,(H3,11,12,13,14). The molecule has 76 valence electrons. The van der Waals surface area contributed by atoms with E-state index in [2.05, 4.69) is 22.2 Å². The van der Waals surface area contributed by atoms with Gasteiger partial charge in [0.25, 0.3) is 0 Å². The molecular formula is C10H16N4. The van der Waals surface area contributed by atoms with Gasteiger partial charge in [0.2, 0.25) is 0 Å². The SMILES string of the molecule is CCNc1nc(C2CC2)nc(N)c1C. The van der Waals surface area contributed by atoms with Crippen LogP contribution in [0.5, 0.6) is 0 Å². The summed E-state index contributed by atoms with van der Waals surface area (Å²) in [5.41, 5.74) is 6.78. The highest BCUT2D eigenvalue weighted by molar-refractivity contribution is 5.55. The molecule has 14 heavy (non-hydrogen) atoms. The lowest BCUT2D eigenvalue weighted by Gasteiger charge is -2.09. The van der Waals surface area contributed by atoms with Gasteiger partial charge in [0.05, 0.1) is 0 Å². The average Bonchev–Trinajstić information content (AvgIpc) is 2.96. The van der Waals surface area contributed by atoms with E-state index in [1.807, 2.05) is 6.92 Å². The van der Waals surface area contributed by atoms with Gasteiger partial charge in [0, 0.05) is 18.0 Å². The van der Waals surface area contributed by atoms with Crippen LogP contribution in [0.25, 0.3) is 0 Å². The highest BCUT2D eigenvalue weighted by Gasteiger charge is 2.27. The molecule has 1 heterocycles. The smallest absolute Gasteiger partial charge is 0.136 e. The summed E-state index contributed by atoms with van der Waals surface area (Å²) in [6, 6.07) is 0. The summed E-state index contributed by atoms with van der Waals surface area (Å²) in [6.07, 6.45) is 2.40. The van der Waals surface area contributed by atoms with Crippen LogP contribution < -0.4 is 11.1 Å². The van der Waals surface area contributed by atoms with Crippen molar-refractivity contribution in [1.82, 2.24) is 9.97 Å². The van der Waals surface area contributed by atoms with Gasteiger partial charge in [-0.1, -0.05) is 0 Å². The van der Waals surface area contributed by atoms with Crippen LogP contribution in [0.1, 0.15) is 37.1 Å². The minimum absolute atomic E-state index is 0.551. The number of nitrogen functional groups attached to an aromatic ring is 1. The molecule has 1 aromatic rings. The third kappa shape index (κ3) is 1.64. The summed E-state index contributed by atoms with van der Waals surface area (Å²) >= 11 is 0. The molecule has 0 bridgehead atoms. The third-order valence-corrected chi connectivity index (χ3v) is 2.49. The lowest BCUT2D eigenvalue weighted by molar-refractivity contribution is 0.920. The van der Waals surface area contributed by atoms with E-state index in [9.17, 15) is 0 Å². The molecule has 0 amide bonds. The van der Waals surface area contributed by atoms with E-state index in [0.717, 1.165) is 23.8 Å². The van der Waals surface area contributed by atoms with Crippen LogP contribution in [0, 0.1) is 6.92 Å². The van der Waals surface area contributed by atoms with E-state index >= 15 is 0 Å². The predicted molar refractivity (Wildman–Crippen MR) is 57.3 cm³/mol. The zero-order chi connectivity index (χ0) is 10.1. The van der Waals surface area contributed by atoms with Crippen LogP contribution in [0.15, 0.2) is 0 Å². The molecule has 0 unspecified atom stereocenters. The maximum Gasteiger partial charge on any atom is 0.136 e. The molecule has 0 radical (unpaired) electrons. The van der Waals surface area contributed by atoms with Crippen molar-refractivity contribution < 1.29 is 0 Å². The summed E-state index contributed by atoms with van der Waals surface area (Å²) in [4.78, 5) is 8.79. The number of aromatic nitrogens is 2. The maximum absolute atomic E-state index is 5.83. The Morgan fingerprint density at radius 2 is 2.14 bits per heavy atom. The number of hydrogen-bond acceptors (Lipinski definition) is 4. The molecule has 1 aliphatic carbocycles. The molecule has 2 rings (SSSR count). The average molecular weight is 192 g/mol. The number of anilines is 2. The summed E-state index contributed by atoms with van der Waals surface area (Å²) in [5.74, 6) is 2.96. The van der Waals surface area contributed by atoms with E-state index < -0.39 is 0 Å². The molecule has 0 spiro atoms. The number of nitrogens with zero attached hydrogens (tertiary/aromatic N) is 2. The second kappa shape index (κ2) is 3.44. The maximum atomic E-state index is 5.83. The molecule has 0 aliphatic heterocycles. The van der Waals surface area contributed by atoms with Crippen LogP contribution >= 0.6 is 0 Å². The largest absolute Gasteiger partial charge is 0.383 e. The van der Waals surface area contributed by atoms with Gasteiger partial charge in [-0.2, -0.15) is 0 Å².